The molecule has 1 unspecified atom stereocenters. The average Bonchev–Trinajstić information content (AvgIpc) is 2.68. The predicted octanol–water partition coefficient (Wildman–Crippen LogP) is 0.668. The zero-order valence-electron chi connectivity index (χ0n) is 9.36. The maximum absolute atomic E-state index is 10.2. The number of phenolic OH excluding ortho intramolecular Hbond substituents is 1. The summed E-state index contributed by atoms with van der Waals surface area (Å²) in [4.78, 5) is 0. The van der Waals surface area contributed by atoms with Crippen LogP contribution in [-0.2, 0) is 6.42 Å². The van der Waals surface area contributed by atoms with Crippen molar-refractivity contribution in [3.8, 4) is 11.5 Å². The number of nitrogens with one attached hydrogen (secondary N) is 1. The number of aromatic hydroxyl groups is 1. The van der Waals surface area contributed by atoms with Gasteiger partial charge in [0, 0.05) is 18.5 Å². The number of phenols is 1. The summed E-state index contributed by atoms with van der Waals surface area (Å²) in [7, 11) is 1.59. The van der Waals surface area contributed by atoms with E-state index in [0.717, 1.165) is 12.1 Å². The van der Waals surface area contributed by atoms with E-state index in [9.17, 15) is 10.2 Å². The lowest BCUT2D eigenvalue weighted by molar-refractivity contribution is 0.0612. The van der Waals surface area contributed by atoms with E-state index in [1.54, 1.807) is 25.3 Å². The molecule has 2 rings (SSSR count). The molecular weight excluding hydrogens is 206 g/mol. The number of rotatable bonds is 3. The number of β-amino-alcohol motifs (C(OH)–C–C–N with tert-alkyl or cyclic N) is 1. The highest BCUT2D eigenvalue weighted by atomic mass is 16.5. The standard InChI is InChI=1S/C12H17NO3/c1-16-10-2-3-11(14)9(6-10)7-12(15)4-5-13-8-12/h2-3,6,13-15H,4-5,7-8H2,1H3. The van der Waals surface area contributed by atoms with Gasteiger partial charge in [-0.2, -0.15) is 0 Å². The van der Waals surface area contributed by atoms with Gasteiger partial charge in [0.25, 0.3) is 0 Å². The van der Waals surface area contributed by atoms with Gasteiger partial charge in [-0.15, -0.1) is 0 Å². The number of benzene rings is 1. The molecule has 1 fully saturated rings. The van der Waals surface area contributed by atoms with Crippen molar-refractivity contribution in [2.24, 2.45) is 0 Å². The Bertz CT molecular complexity index is 373. The Hall–Kier alpha value is -1.26. The molecule has 0 bridgehead atoms. The van der Waals surface area contributed by atoms with Crippen molar-refractivity contribution in [3.05, 3.63) is 23.8 Å². The van der Waals surface area contributed by atoms with Crippen LogP contribution >= 0.6 is 0 Å². The minimum absolute atomic E-state index is 0.209. The molecule has 1 aliphatic rings. The van der Waals surface area contributed by atoms with Crippen LogP contribution in [0.2, 0.25) is 0 Å². The first-order valence-corrected chi connectivity index (χ1v) is 5.42. The van der Waals surface area contributed by atoms with Crippen LogP contribution < -0.4 is 10.1 Å². The summed E-state index contributed by atoms with van der Waals surface area (Å²) in [6.45, 7) is 1.39. The van der Waals surface area contributed by atoms with Crippen LogP contribution in [0.1, 0.15) is 12.0 Å². The molecular formula is C12H17NO3. The molecule has 16 heavy (non-hydrogen) atoms. The van der Waals surface area contributed by atoms with Crippen LogP contribution in [-0.4, -0.2) is 36.0 Å². The highest BCUT2D eigenvalue weighted by Crippen LogP contribution is 2.28. The molecule has 1 aromatic rings. The van der Waals surface area contributed by atoms with Crippen LogP contribution in [0.15, 0.2) is 18.2 Å². The first-order chi connectivity index (χ1) is 7.63. The van der Waals surface area contributed by atoms with Crippen LogP contribution in [0.3, 0.4) is 0 Å². The topological polar surface area (TPSA) is 61.7 Å². The van der Waals surface area contributed by atoms with Crippen molar-refractivity contribution < 1.29 is 14.9 Å². The second-order valence-electron chi connectivity index (χ2n) is 4.32. The Labute approximate surface area is 94.9 Å². The van der Waals surface area contributed by atoms with E-state index in [4.69, 9.17) is 4.74 Å². The summed E-state index contributed by atoms with van der Waals surface area (Å²) >= 11 is 0. The van der Waals surface area contributed by atoms with Crippen molar-refractivity contribution in [1.29, 1.82) is 0 Å². The first kappa shape index (κ1) is 11.2. The molecule has 4 heteroatoms. The van der Waals surface area contributed by atoms with E-state index >= 15 is 0 Å². The van der Waals surface area contributed by atoms with E-state index in [-0.39, 0.29) is 5.75 Å². The summed E-state index contributed by atoms with van der Waals surface area (Å²) in [5, 5.41) is 23.1. The third-order valence-corrected chi connectivity index (χ3v) is 3.03. The minimum atomic E-state index is -0.746. The molecule has 0 aromatic heterocycles. The molecule has 1 atom stereocenters. The third-order valence-electron chi connectivity index (χ3n) is 3.03. The number of ether oxygens (including phenoxy) is 1. The highest BCUT2D eigenvalue weighted by molar-refractivity contribution is 5.40. The van der Waals surface area contributed by atoms with Crippen LogP contribution in [0.25, 0.3) is 0 Å². The fourth-order valence-corrected chi connectivity index (χ4v) is 2.07. The third kappa shape index (κ3) is 2.28. The monoisotopic (exact) mass is 223 g/mol. The number of aliphatic hydroxyl groups is 1. The van der Waals surface area contributed by atoms with Crippen molar-refractivity contribution in [1.82, 2.24) is 5.32 Å². The largest absolute Gasteiger partial charge is 0.508 e. The van der Waals surface area contributed by atoms with Crippen molar-refractivity contribution in [2.75, 3.05) is 20.2 Å². The van der Waals surface area contributed by atoms with Gasteiger partial charge in [0.2, 0.25) is 0 Å². The molecule has 0 amide bonds. The lowest BCUT2D eigenvalue weighted by Crippen LogP contribution is -2.33. The van der Waals surface area contributed by atoms with Crippen molar-refractivity contribution in [2.45, 2.75) is 18.4 Å². The van der Waals surface area contributed by atoms with Crippen molar-refractivity contribution in [3.63, 3.8) is 0 Å². The second-order valence-corrected chi connectivity index (χ2v) is 4.32. The summed E-state index contributed by atoms with van der Waals surface area (Å²) in [6.07, 6.45) is 1.16. The Balaban J connectivity index is 2.19. The molecule has 1 heterocycles. The summed E-state index contributed by atoms with van der Waals surface area (Å²) < 4.78 is 5.10. The summed E-state index contributed by atoms with van der Waals surface area (Å²) in [5.41, 5.74) is -0.0188. The SMILES string of the molecule is COc1ccc(O)c(CC2(O)CCNC2)c1. The van der Waals surface area contributed by atoms with Gasteiger partial charge in [-0.25, -0.2) is 0 Å². The molecule has 1 aromatic carbocycles. The minimum Gasteiger partial charge on any atom is -0.508 e. The normalized spacial score (nSPS) is 24.6. The van der Waals surface area contributed by atoms with Gasteiger partial charge < -0.3 is 20.3 Å². The lowest BCUT2D eigenvalue weighted by atomic mass is 9.93. The Morgan fingerprint density at radius 3 is 2.94 bits per heavy atom. The Morgan fingerprint density at radius 2 is 2.31 bits per heavy atom. The molecule has 4 nitrogen and oxygen atoms in total. The van der Waals surface area contributed by atoms with Crippen molar-refractivity contribution >= 4 is 0 Å². The van der Waals surface area contributed by atoms with E-state index in [1.165, 1.54) is 0 Å². The zero-order valence-corrected chi connectivity index (χ0v) is 9.36. The molecule has 0 radical (unpaired) electrons. The molecule has 3 N–H and O–H groups in total. The zero-order chi connectivity index (χ0) is 11.6. The maximum Gasteiger partial charge on any atom is 0.119 e. The van der Waals surface area contributed by atoms with Gasteiger partial charge in [-0.05, 0) is 31.2 Å². The molecule has 0 saturated carbocycles. The van der Waals surface area contributed by atoms with E-state index in [2.05, 4.69) is 5.32 Å². The number of hydrogen-bond acceptors (Lipinski definition) is 4. The summed E-state index contributed by atoms with van der Waals surface area (Å²) in [6, 6.07) is 5.07. The number of hydrogen-bond donors (Lipinski definition) is 3. The first-order valence-electron chi connectivity index (χ1n) is 5.42. The smallest absolute Gasteiger partial charge is 0.119 e. The predicted molar refractivity (Wildman–Crippen MR) is 60.8 cm³/mol. The fourth-order valence-electron chi connectivity index (χ4n) is 2.07. The Morgan fingerprint density at radius 1 is 1.50 bits per heavy atom. The van der Waals surface area contributed by atoms with E-state index < -0.39 is 5.60 Å². The van der Waals surface area contributed by atoms with E-state index in [0.29, 0.717) is 25.1 Å². The highest BCUT2D eigenvalue weighted by Gasteiger charge is 2.31. The van der Waals surface area contributed by atoms with Gasteiger partial charge in [0.15, 0.2) is 0 Å². The van der Waals surface area contributed by atoms with Gasteiger partial charge in [-0.3, -0.25) is 0 Å². The van der Waals surface area contributed by atoms with E-state index in [1.807, 2.05) is 0 Å². The maximum atomic E-state index is 10.2. The summed E-state index contributed by atoms with van der Waals surface area (Å²) in [5.74, 6) is 0.906. The average molecular weight is 223 g/mol. The van der Waals surface area contributed by atoms with Gasteiger partial charge >= 0.3 is 0 Å². The Kier molecular flexibility index (Phi) is 3.03. The molecule has 88 valence electrons. The van der Waals surface area contributed by atoms with Crippen LogP contribution in [0.4, 0.5) is 0 Å². The van der Waals surface area contributed by atoms with Gasteiger partial charge in [0.05, 0.1) is 12.7 Å². The quantitative estimate of drug-likeness (QED) is 0.704. The molecule has 1 saturated heterocycles. The molecule has 1 aliphatic heterocycles. The lowest BCUT2D eigenvalue weighted by Gasteiger charge is -2.21. The van der Waals surface area contributed by atoms with Gasteiger partial charge in [0.1, 0.15) is 11.5 Å². The van der Waals surface area contributed by atoms with Crippen LogP contribution in [0.5, 0.6) is 11.5 Å². The molecule has 0 spiro atoms. The number of methoxy groups -OCH3 is 1. The van der Waals surface area contributed by atoms with Crippen LogP contribution in [0, 0.1) is 0 Å². The fraction of sp³-hybridized carbons (Fsp3) is 0.500. The molecule has 0 aliphatic carbocycles. The second kappa shape index (κ2) is 4.31. The van der Waals surface area contributed by atoms with Gasteiger partial charge in [-0.1, -0.05) is 0 Å².